The second-order valence-corrected chi connectivity index (χ2v) is 5.24. The van der Waals surface area contributed by atoms with Crippen LogP contribution in [0.25, 0.3) is 0 Å². The Balaban J connectivity index is 1.80. The van der Waals surface area contributed by atoms with Crippen LogP contribution in [-0.4, -0.2) is 68.1 Å². The zero-order chi connectivity index (χ0) is 16.7. The molecule has 0 spiro atoms. The number of nitrogens with two attached hydrogens (primary N) is 1. The Kier molecular flexibility index (Phi) is 6.22. The lowest BCUT2D eigenvalue weighted by molar-refractivity contribution is -0.140. The van der Waals surface area contributed by atoms with Gasteiger partial charge in [0.1, 0.15) is 0 Å². The van der Waals surface area contributed by atoms with E-state index in [0.717, 1.165) is 0 Å². The Hall–Kier alpha value is -2.28. The molecule has 0 radical (unpaired) electrons. The number of carbonyl (C=O) groups is 2. The number of carbonyl (C=O) groups excluding carboxylic acids is 2. The van der Waals surface area contributed by atoms with Crippen LogP contribution in [-0.2, 0) is 9.59 Å². The Bertz CT molecular complexity index is 542. The van der Waals surface area contributed by atoms with Gasteiger partial charge in [0.05, 0.1) is 7.11 Å². The van der Waals surface area contributed by atoms with E-state index in [-0.39, 0.29) is 18.4 Å². The summed E-state index contributed by atoms with van der Waals surface area (Å²) in [6, 6.07) is 7.20. The quantitative estimate of drug-likeness (QED) is 0.803. The van der Waals surface area contributed by atoms with Crippen LogP contribution in [0.15, 0.2) is 24.3 Å². The number of methoxy groups -OCH3 is 1. The first kappa shape index (κ1) is 17.1. The van der Waals surface area contributed by atoms with Crippen molar-refractivity contribution in [3.05, 3.63) is 24.3 Å². The molecular weight excluding hydrogens is 298 g/mol. The topological polar surface area (TPSA) is 85.1 Å². The number of hydrogen-bond donors (Lipinski definition) is 1. The monoisotopic (exact) mass is 321 g/mol. The van der Waals surface area contributed by atoms with Gasteiger partial charge in [-0.25, -0.2) is 0 Å². The van der Waals surface area contributed by atoms with Gasteiger partial charge < -0.3 is 25.0 Å². The van der Waals surface area contributed by atoms with Crippen LogP contribution in [0.4, 0.5) is 0 Å². The first-order chi connectivity index (χ1) is 11.2. The highest BCUT2D eigenvalue weighted by atomic mass is 16.5. The van der Waals surface area contributed by atoms with E-state index in [1.54, 1.807) is 29.0 Å². The number of piperazine rings is 1. The molecular formula is C16H23N3O4. The van der Waals surface area contributed by atoms with Gasteiger partial charge in [0.15, 0.2) is 18.1 Å². The molecule has 0 aliphatic carbocycles. The minimum atomic E-state index is -0.0955. The molecule has 1 aromatic rings. The highest BCUT2D eigenvalue weighted by molar-refractivity contribution is 5.79. The van der Waals surface area contributed by atoms with Crippen molar-refractivity contribution < 1.29 is 19.1 Å². The molecule has 0 bridgehead atoms. The number of hydrogen-bond acceptors (Lipinski definition) is 5. The summed E-state index contributed by atoms with van der Waals surface area (Å²) in [6.07, 6.45) is 0.352. The lowest BCUT2D eigenvalue weighted by atomic mass is 10.2. The fraction of sp³-hybridized carbons (Fsp3) is 0.500. The van der Waals surface area contributed by atoms with Crippen LogP contribution >= 0.6 is 0 Å². The predicted molar refractivity (Wildman–Crippen MR) is 85.3 cm³/mol. The molecule has 126 valence electrons. The number of ether oxygens (including phenoxy) is 2. The smallest absolute Gasteiger partial charge is 0.260 e. The molecule has 0 unspecified atom stereocenters. The Labute approximate surface area is 135 Å². The molecule has 7 nitrogen and oxygen atoms in total. The lowest BCUT2D eigenvalue weighted by Crippen LogP contribution is -2.51. The molecule has 2 rings (SSSR count). The second-order valence-electron chi connectivity index (χ2n) is 5.24. The van der Waals surface area contributed by atoms with Crippen molar-refractivity contribution in [3.63, 3.8) is 0 Å². The maximum atomic E-state index is 12.2. The largest absolute Gasteiger partial charge is 0.493 e. The van der Waals surface area contributed by atoms with Crippen molar-refractivity contribution in [3.8, 4) is 11.5 Å². The number of nitrogens with zero attached hydrogens (tertiary/aromatic N) is 2. The van der Waals surface area contributed by atoms with Gasteiger partial charge in [0, 0.05) is 39.1 Å². The van der Waals surface area contributed by atoms with E-state index < -0.39 is 0 Å². The summed E-state index contributed by atoms with van der Waals surface area (Å²) in [5.74, 6) is 1.09. The van der Waals surface area contributed by atoms with E-state index in [4.69, 9.17) is 15.2 Å². The van der Waals surface area contributed by atoms with Gasteiger partial charge in [0.25, 0.3) is 5.91 Å². The number of para-hydroxylation sites is 2. The summed E-state index contributed by atoms with van der Waals surface area (Å²) in [4.78, 5) is 27.4. The standard InChI is InChI=1S/C16H23N3O4/c1-22-13-4-2-3-5-14(13)23-12-16(21)19-10-8-18(9-11-19)15(20)6-7-17/h2-5H,6-12,17H2,1H3. The van der Waals surface area contributed by atoms with Gasteiger partial charge in [-0.1, -0.05) is 12.1 Å². The van der Waals surface area contributed by atoms with Crippen molar-refractivity contribution in [2.75, 3.05) is 46.4 Å². The molecule has 0 atom stereocenters. The summed E-state index contributed by atoms with van der Waals surface area (Å²) < 4.78 is 10.7. The molecule has 7 heteroatoms. The third kappa shape index (κ3) is 4.59. The van der Waals surface area contributed by atoms with E-state index in [1.807, 2.05) is 12.1 Å². The van der Waals surface area contributed by atoms with Gasteiger partial charge in [0.2, 0.25) is 5.91 Å². The van der Waals surface area contributed by atoms with E-state index >= 15 is 0 Å². The number of benzene rings is 1. The van der Waals surface area contributed by atoms with Crippen LogP contribution in [0.1, 0.15) is 6.42 Å². The predicted octanol–water partition coefficient (Wildman–Crippen LogP) is 0.0936. The molecule has 0 saturated carbocycles. The Morgan fingerprint density at radius 1 is 1.04 bits per heavy atom. The van der Waals surface area contributed by atoms with Crippen molar-refractivity contribution in [1.29, 1.82) is 0 Å². The lowest BCUT2D eigenvalue weighted by Gasteiger charge is -2.34. The highest BCUT2D eigenvalue weighted by Gasteiger charge is 2.24. The molecule has 0 aromatic heterocycles. The average molecular weight is 321 g/mol. The van der Waals surface area contributed by atoms with Gasteiger partial charge in [-0.05, 0) is 12.1 Å². The van der Waals surface area contributed by atoms with Crippen molar-refractivity contribution >= 4 is 11.8 Å². The molecule has 1 fully saturated rings. The van der Waals surface area contributed by atoms with Gasteiger partial charge in [-0.2, -0.15) is 0 Å². The van der Waals surface area contributed by atoms with Gasteiger partial charge >= 0.3 is 0 Å². The Morgan fingerprint density at radius 2 is 1.61 bits per heavy atom. The van der Waals surface area contributed by atoms with E-state index in [2.05, 4.69) is 0 Å². The molecule has 1 aromatic carbocycles. The molecule has 1 aliphatic rings. The van der Waals surface area contributed by atoms with E-state index in [1.165, 1.54) is 0 Å². The molecule has 2 N–H and O–H groups in total. The van der Waals surface area contributed by atoms with E-state index in [9.17, 15) is 9.59 Å². The highest BCUT2D eigenvalue weighted by Crippen LogP contribution is 2.25. The molecule has 1 heterocycles. The summed E-state index contributed by atoms with van der Waals surface area (Å²) in [7, 11) is 1.56. The molecule has 2 amide bonds. The van der Waals surface area contributed by atoms with Crippen LogP contribution < -0.4 is 15.2 Å². The number of amides is 2. The fourth-order valence-electron chi connectivity index (χ4n) is 2.46. The van der Waals surface area contributed by atoms with Gasteiger partial charge in [-0.3, -0.25) is 9.59 Å². The normalized spacial score (nSPS) is 14.5. The average Bonchev–Trinajstić information content (AvgIpc) is 2.60. The van der Waals surface area contributed by atoms with Crippen LogP contribution in [0.2, 0.25) is 0 Å². The third-order valence-electron chi connectivity index (χ3n) is 3.76. The van der Waals surface area contributed by atoms with Crippen molar-refractivity contribution in [2.24, 2.45) is 5.73 Å². The van der Waals surface area contributed by atoms with Crippen LogP contribution in [0.3, 0.4) is 0 Å². The first-order valence-corrected chi connectivity index (χ1v) is 7.67. The number of rotatable bonds is 6. The van der Waals surface area contributed by atoms with Crippen molar-refractivity contribution in [2.45, 2.75) is 6.42 Å². The van der Waals surface area contributed by atoms with Crippen LogP contribution in [0.5, 0.6) is 11.5 Å². The zero-order valence-corrected chi connectivity index (χ0v) is 13.4. The molecule has 23 heavy (non-hydrogen) atoms. The molecule has 1 saturated heterocycles. The summed E-state index contributed by atoms with van der Waals surface area (Å²) >= 11 is 0. The summed E-state index contributed by atoms with van der Waals surface area (Å²) in [6.45, 7) is 2.43. The fourth-order valence-corrected chi connectivity index (χ4v) is 2.46. The maximum Gasteiger partial charge on any atom is 0.260 e. The van der Waals surface area contributed by atoms with E-state index in [0.29, 0.717) is 50.6 Å². The van der Waals surface area contributed by atoms with Gasteiger partial charge in [-0.15, -0.1) is 0 Å². The first-order valence-electron chi connectivity index (χ1n) is 7.67. The van der Waals surface area contributed by atoms with Crippen LogP contribution in [0, 0.1) is 0 Å². The maximum absolute atomic E-state index is 12.2. The molecule has 1 aliphatic heterocycles. The van der Waals surface area contributed by atoms with Crippen molar-refractivity contribution in [1.82, 2.24) is 9.80 Å². The summed E-state index contributed by atoms with van der Waals surface area (Å²) in [5, 5.41) is 0. The Morgan fingerprint density at radius 3 is 2.17 bits per heavy atom. The SMILES string of the molecule is COc1ccccc1OCC(=O)N1CCN(C(=O)CCN)CC1. The summed E-state index contributed by atoms with van der Waals surface area (Å²) in [5.41, 5.74) is 5.39. The zero-order valence-electron chi connectivity index (χ0n) is 13.4. The second kappa shape index (κ2) is 8.38. The third-order valence-corrected chi connectivity index (χ3v) is 3.76. The minimum absolute atomic E-state index is 0.0445. The minimum Gasteiger partial charge on any atom is -0.493 e.